The Balaban J connectivity index is 1.51. The lowest BCUT2D eigenvalue weighted by Gasteiger charge is -2.53. The van der Waals surface area contributed by atoms with Gasteiger partial charge in [0.25, 0.3) is 5.91 Å². The molecule has 33 heavy (non-hydrogen) atoms. The first kappa shape index (κ1) is 24.3. The molecule has 180 valence electrons. The summed E-state index contributed by atoms with van der Waals surface area (Å²) in [5.41, 5.74) is 0.914. The van der Waals surface area contributed by atoms with Crippen LogP contribution in [0.2, 0.25) is 0 Å². The molecule has 2 aliphatic carbocycles. The minimum atomic E-state index is -0.582. The van der Waals surface area contributed by atoms with E-state index in [0.29, 0.717) is 23.2 Å². The van der Waals surface area contributed by atoms with E-state index in [1.165, 1.54) is 16.2 Å². The largest absolute Gasteiger partial charge is 0.392 e. The summed E-state index contributed by atoms with van der Waals surface area (Å²) in [6, 6.07) is 3.66. The molecule has 0 saturated heterocycles. The van der Waals surface area contributed by atoms with Gasteiger partial charge in [0.1, 0.15) is 0 Å². The third kappa shape index (κ3) is 4.73. The van der Waals surface area contributed by atoms with E-state index >= 15 is 0 Å². The van der Waals surface area contributed by atoms with E-state index in [2.05, 4.69) is 24.5 Å². The number of methoxy groups -OCH3 is 1. The third-order valence-electron chi connectivity index (χ3n) is 7.55. The van der Waals surface area contributed by atoms with Gasteiger partial charge in [0.15, 0.2) is 5.13 Å². The Bertz CT molecular complexity index is 992. The number of hydrogen-bond acceptors (Lipinski definition) is 7. The van der Waals surface area contributed by atoms with Gasteiger partial charge in [0.05, 0.1) is 23.3 Å². The third-order valence-corrected chi connectivity index (χ3v) is 9.40. The molecule has 1 saturated carbocycles. The van der Waals surface area contributed by atoms with Gasteiger partial charge >= 0.3 is 0 Å². The lowest BCUT2D eigenvalue weighted by Crippen LogP contribution is -2.53. The van der Waals surface area contributed by atoms with Crippen molar-refractivity contribution in [2.75, 3.05) is 25.6 Å². The van der Waals surface area contributed by atoms with Crippen LogP contribution in [0.4, 0.5) is 5.13 Å². The van der Waals surface area contributed by atoms with Crippen molar-refractivity contribution in [2.24, 2.45) is 23.2 Å². The van der Waals surface area contributed by atoms with Crippen LogP contribution in [0.15, 0.2) is 17.5 Å². The van der Waals surface area contributed by atoms with Gasteiger partial charge in [-0.05, 0) is 48.0 Å². The molecule has 2 aromatic rings. The number of thiazole rings is 1. The predicted molar refractivity (Wildman–Crippen MR) is 131 cm³/mol. The molecule has 0 radical (unpaired) electrons. The molecule has 9 heteroatoms. The molecule has 2 aromatic heterocycles. The molecule has 0 aromatic carbocycles. The van der Waals surface area contributed by atoms with Gasteiger partial charge < -0.3 is 15.2 Å². The highest BCUT2D eigenvalue weighted by molar-refractivity contribution is 7.16. The Kier molecular flexibility index (Phi) is 7.23. The minimum Gasteiger partial charge on any atom is -0.392 e. The Morgan fingerprint density at radius 2 is 2.21 bits per heavy atom. The van der Waals surface area contributed by atoms with E-state index in [0.717, 1.165) is 25.0 Å². The fraction of sp³-hybridized carbons (Fsp3) is 0.625. The number of anilines is 1. The van der Waals surface area contributed by atoms with E-state index in [9.17, 15) is 14.7 Å². The SMILES string of the molecule is COCCNC(=O)[C@@H](C)C1CC[C@@]2(C)Cc3sc(NC(=O)c4cccs4)nc3[C@@H](C)[C@@H]2[C@H]1O. The molecule has 1 unspecified atom stereocenters. The summed E-state index contributed by atoms with van der Waals surface area (Å²) in [7, 11) is 1.61. The quantitative estimate of drug-likeness (QED) is 0.510. The molecule has 4 rings (SSSR count). The summed E-state index contributed by atoms with van der Waals surface area (Å²) < 4.78 is 5.02. The number of carbonyl (C=O) groups is 2. The lowest BCUT2D eigenvalue weighted by molar-refractivity contribution is -0.135. The minimum absolute atomic E-state index is 0.0147. The Morgan fingerprint density at radius 1 is 1.42 bits per heavy atom. The van der Waals surface area contributed by atoms with Crippen molar-refractivity contribution in [2.45, 2.75) is 52.1 Å². The monoisotopic (exact) mass is 491 g/mol. The molecule has 3 N–H and O–H groups in total. The van der Waals surface area contributed by atoms with Gasteiger partial charge in [-0.1, -0.05) is 26.8 Å². The average molecular weight is 492 g/mol. The second-order valence-corrected chi connectivity index (χ2v) is 11.7. The van der Waals surface area contributed by atoms with Crippen molar-refractivity contribution in [3.05, 3.63) is 33.0 Å². The molecule has 6 atom stereocenters. The zero-order valence-corrected chi connectivity index (χ0v) is 21.2. The van der Waals surface area contributed by atoms with Crippen molar-refractivity contribution in [1.29, 1.82) is 0 Å². The van der Waals surface area contributed by atoms with E-state index < -0.39 is 6.10 Å². The standard InChI is InChI=1S/C24H33N3O4S2/c1-13(21(29)25-9-10-31-4)15-7-8-24(3)12-17-19(14(2)18(24)20(15)28)26-23(33-17)27-22(30)16-6-5-11-32-16/h5-6,11,13-15,18,20,28H,7-10,12H2,1-4H3,(H,25,29)(H,26,27,30)/t13-,14-,15?,18+,20-,24-/m0/s1. The van der Waals surface area contributed by atoms with Crippen molar-refractivity contribution in [3.8, 4) is 0 Å². The van der Waals surface area contributed by atoms with Crippen LogP contribution < -0.4 is 10.6 Å². The summed E-state index contributed by atoms with van der Waals surface area (Å²) in [6.07, 6.45) is 2.02. The highest BCUT2D eigenvalue weighted by atomic mass is 32.1. The molecule has 0 bridgehead atoms. The highest BCUT2D eigenvalue weighted by Crippen LogP contribution is 2.57. The van der Waals surface area contributed by atoms with E-state index in [1.54, 1.807) is 24.5 Å². The Hall–Kier alpha value is -1.81. The Labute approximate surface area is 203 Å². The fourth-order valence-corrected chi connectivity index (χ4v) is 7.68. The number of fused-ring (bicyclic) bond motifs is 2. The van der Waals surface area contributed by atoms with E-state index in [4.69, 9.17) is 9.72 Å². The van der Waals surface area contributed by atoms with Gasteiger partial charge in [-0.3, -0.25) is 14.9 Å². The zero-order chi connectivity index (χ0) is 23.8. The first-order valence-corrected chi connectivity index (χ1v) is 13.2. The van der Waals surface area contributed by atoms with Crippen LogP contribution in [0.1, 0.15) is 59.8 Å². The number of nitrogens with zero attached hydrogens (tertiary/aromatic N) is 1. The molecule has 2 aliphatic rings. The molecule has 2 heterocycles. The number of rotatable bonds is 7. The van der Waals surface area contributed by atoms with Gasteiger partial charge in [-0.15, -0.1) is 22.7 Å². The van der Waals surface area contributed by atoms with Crippen LogP contribution in [-0.2, 0) is 16.0 Å². The molecule has 2 amide bonds. The normalized spacial score (nSPS) is 29.6. The average Bonchev–Trinajstić information content (AvgIpc) is 3.43. The second kappa shape index (κ2) is 9.82. The van der Waals surface area contributed by atoms with Gasteiger partial charge in [-0.2, -0.15) is 0 Å². The molecule has 1 fully saturated rings. The summed E-state index contributed by atoms with van der Waals surface area (Å²) in [4.78, 5) is 31.8. The number of thiophene rings is 1. The second-order valence-electron chi connectivity index (χ2n) is 9.67. The van der Waals surface area contributed by atoms with Crippen LogP contribution in [0.25, 0.3) is 0 Å². The first-order valence-electron chi connectivity index (χ1n) is 11.5. The van der Waals surface area contributed by atoms with Gasteiger partial charge in [0.2, 0.25) is 5.91 Å². The molecule has 0 spiro atoms. The van der Waals surface area contributed by atoms with E-state index in [1.807, 2.05) is 18.4 Å². The topological polar surface area (TPSA) is 101 Å². The van der Waals surface area contributed by atoms with Crippen LogP contribution >= 0.6 is 22.7 Å². The van der Waals surface area contributed by atoms with Crippen molar-refractivity contribution >= 4 is 39.6 Å². The van der Waals surface area contributed by atoms with Crippen LogP contribution in [0.3, 0.4) is 0 Å². The fourth-order valence-electron chi connectivity index (χ4n) is 5.80. The van der Waals surface area contributed by atoms with E-state index in [-0.39, 0.29) is 40.9 Å². The Morgan fingerprint density at radius 3 is 2.91 bits per heavy atom. The summed E-state index contributed by atoms with van der Waals surface area (Å²) in [5, 5.41) is 19.9. The molecule has 7 nitrogen and oxygen atoms in total. The van der Waals surface area contributed by atoms with Gasteiger partial charge in [0, 0.05) is 30.4 Å². The number of aliphatic hydroxyl groups excluding tert-OH is 1. The van der Waals surface area contributed by atoms with Gasteiger partial charge in [-0.25, -0.2) is 4.98 Å². The summed E-state index contributed by atoms with van der Waals surface area (Å²) in [6.45, 7) is 7.24. The van der Waals surface area contributed by atoms with Crippen LogP contribution in [0, 0.1) is 23.2 Å². The predicted octanol–water partition coefficient (Wildman–Crippen LogP) is 3.91. The van der Waals surface area contributed by atoms with Crippen LogP contribution in [-0.4, -0.2) is 48.3 Å². The highest BCUT2D eigenvalue weighted by Gasteiger charge is 2.53. The molecule has 0 aliphatic heterocycles. The maximum absolute atomic E-state index is 12.7. The maximum Gasteiger partial charge on any atom is 0.267 e. The smallest absolute Gasteiger partial charge is 0.267 e. The van der Waals surface area contributed by atoms with Crippen molar-refractivity contribution < 1.29 is 19.4 Å². The summed E-state index contributed by atoms with van der Waals surface area (Å²) >= 11 is 2.95. The first-order chi connectivity index (χ1) is 15.7. The lowest BCUT2D eigenvalue weighted by atomic mass is 9.53. The van der Waals surface area contributed by atoms with Crippen molar-refractivity contribution in [1.82, 2.24) is 10.3 Å². The molecular weight excluding hydrogens is 458 g/mol. The number of aromatic nitrogens is 1. The van der Waals surface area contributed by atoms with Crippen molar-refractivity contribution in [3.63, 3.8) is 0 Å². The number of nitrogens with one attached hydrogen (secondary N) is 2. The number of carbonyl (C=O) groups excluding carboxylic acids is 2. The maximum atomic E-state index is 12.7. The summed E-state index contributed by atoms with van der Waals surface area (Å²) in [5.74, 6) is -0.473. The van der Waals surface area contributed by atoms with Crippen LogP contribution in [0.5, 0.6) is 0 Å². The number of aliphatic hydroxyl groups is 1. The zero-order valence-electron chi connectivity index (χ0n) is 19.6. The number of hydrogen-bond donors (Lipinski definition) is 3. The number of ether oxygens (including phenoxy) is 1. The number of amides is 2. The molecular formula is C24H33N3O4S2.